The van der Waals surface area contributed by atoms with Crippen LogP contribution in [0.2, 0.25) is 0 Å². The summed E-state index contributed by atoms with van der Waals surface area (Å²) in [7, 11) is 0. The Labute approximate surface area is 81.8 Å². The lowest BCUT2D eigenvalue weighted by Gasteiger charge is -2.36. The second-order valence-corrected chi connectivity index (χ2v) is 3.67. The first-order valence-electron chi connectivity index (χ1n) is 4.60. The van der Waals surface area contributed by atoms with E-state index in [1.54, 1.807) is 11.0 Å². The highest BCUT2D eigenvalue weighted by molar-refractivity contribution is 5.79. The van der Waals surface area contributed by atoms with E-state index in [0.29, 0.717) is 18.8 Å². The van der Waals surface area contributed by atoms with Gasteiger partial charge in [-0.1, -0.05) is 5.16 Å². The van der Waals surface area contributed by atoms with Gasteiger partial charge in [0.05, 0.1) is 12.1 Å². The monoisotopic (exact) mass is 195 g/mol. The molecule has 1 aliphatic heterocycles. The highest BCUT2D eigenvalue weighted by Crippen LogP contribution is 2.10. The van der Waals surface area contributed by atoms with Gasteiger partial charge in [0.25, 0.3) is 0 Å². The Balaban J connectivity index is 1.89. The molecule has 5 nitrogen and oxygen atoms in total. The molecule has 2 N–H and O–H groups in total. The van der Waals surface area contributed by atoms with Crippen molar-refractivity contribution in [3.63, 3.8) is 0 Å². The number of carbonyl (C=O) groups excluding carboxylic acids is 1. The molecule has 0 aromatic carbocycles. The second-order valence-electron chi connectivity index (χ2n) is 3.67. The summed E-state index contributed by atoms with van der Waals surface area (Å²) in [6.45, 7) is 3.15. The van der Waals surface area contributed by atoms with Gasteiger partial charge in [-0.2, -0.15) is 0 Å². The number of aromatic nitrogens is 1. The van der Waals surface area contributed by atoms with E-state index < -0.39 is 0 Å². The largest absolute Gasteiger partial charge is 0.361 e. The zero-order valence-corrected chi connectivity index (χ0v) is 8.06. The third kappa shape index (κ3) is 1.77. The van der Waals surface area contributed by atoms with Crippen molar-refractivity contribution < 1.29 is 9.32 Å². The molecule has 2 heterocycles. The summed E-state index contributed by atoms with van der Waals surface area (Å²) in [5, 5.41) is 3.72. The molecule has 1 aromatic rings. The number of hydrogen-bond acceptors (Lipinski definition) is 4. The topological polar surface area (TPSA) is 72.4 Å². The molecule has 2 rings (SSSR count). The van der Waals surface area contributed by atoms with Gasteiger partial charge >= 0.3 is 0 Å². The number of amides is 1. The van der Waals surface area contributed by atoms with Gasteiger partial charge in [0.1, 0.15) is 5.76 Å². The van der Waals surface area contributed by atoms with Gasteiger partial charge in [0, 0.05) is 25.2 Å². The maximum Gasteiger partial charge on any atom is 0.230 e. The second kappa shape index (κ2) is 3.42. The van der Waals surface area contributed by atoms with Gasteiger partial charge in [-0.15, -0.1) is 0 Å². The molecule has 1 aliphatic rings. The van der Waals surface area contributed by atoms with Gasteiger partial charge in [-0.3, -0.25) is 4.79 Å². The summed E-state index contributed by atoms with van der Waals surface area (Å²) in [4.78, 5) is 13.3. The fourth-order valence-electron chi connectivity index (χ4n) is 1.48. The summed E-state index contributed by atoms with van der Waals surface area (Å²) < 4.78 is 4.95. The van der Waals surface area contributed by atoms with Crippen LogP contribution in [-0.2, 0) is 11.2 Å². The lowest BCUT2D eigenvalue weighted by molar-refractivity contribution is -0.135. The highest BCUT2D eigenvalue weighted by atomic mass is 16.5. The molecule has 1 saturated heterocycles. The van der Waals surface area contributed by atoms with Gasteiger partial charge in [0.2, 0.25) is 5.91 Å². The van der Waals surface area contributed by atoms with Crippen LogP contribution in [0.5, 0.6) is 0 Å². The van der Waals surface area contributed by atoms with Crippen molar-refractivity contribution in [2.45, 2.75) is 19.4 Å². The predicted molar refractivity (Wildman–Crippen MR) is 49.5 cm³/mol. The van der Waals surface area contributed by atoms with Crippen LogP contribution in [0.4, 0.5) is 0 Å². The molecule has 5 heteroatoms. The molecule has 1 fully saturated rings. The van der Waals surface area contributed by atoms with Crippen LogP contribution in [0.25, 0.3) is 0 Å². The quantitative estimate of drug-likeness (QED) is 0.703. The van der Waals surface area contributed by atoms with Crippen LogP contribution in [0.1, 0.15) is 11.5 Å². The van der Waals surface area contributed by atoms with Crippen molar-refractivity contribution in [2.24, 2.45) is 5.73 Å². The highest BCUT2D eigenvalue weighted by Gasteiger charge is 2.27. The average Bonchev–Trinajstić information content (AvgIpc) is 2.45. The molecule has 0 radical (unpaired) electrons. The number of nitrogens with two attached hydrogens (primary N) is 1. The molecule has 14 heavy (non-hydrogen) atoms. The minimum atomic E-state index is 0.0582. The summed E-state index contributed by atoms with van der Waals surface area (Å²) in [5.74, 6) is 0.677. The number of likely N-dealkylation sites (tertiary alicyclic amines) is 1. The third-order valence-electron chi connectivity index (χ3n) is 2.26. The van der Waals surface area contributed by atoms with Crippen LogP contribution in [0, 0.1) is 6.92 Å². The molecule has 1 amide bonds. The van der Waals surface area contributed by atoms with Crippen molar-refractivity contribution in [3.05, 3.63) is 17.5 Å². The van der Waals surface area contributed by atoms with Crippen molar-refractivity contribution >= 4 is 5.91 Å². The van der Waals surface area contributed by atoms with E-state index in [1.165, 1.54) is 0 Å². The molecule has 0 bridgehead atoms. The average molecular weight is 195 g/mol. The summed E-state index contributed by atoms with van der Waals surface area (Å²) >= 11 is 0. The minimum Gasteiger partial charge on any atom is -0.361 e. The number of hydrogen-bond donors (Lipinski definition) is 1. The normalized spacial score (nSPS) is 16.9. The van der Waals surface area contributed by atoms with Crippen molar-refractivity contribution in [3.8, 4) is 0 Å². The summed E-state index contributed by atoms with van der Waals surface area (Å²) in [6, 6.07) is 1.92. The molecule has 76 valence electrons. The Kier molecular flexibility index (Phi) is 2.25. The van der Waals surface area contributed by atoms with Crippen LogP contribution >= 0.6 is 0 Å². The maximum absolute atomic E-state index is 11.5. The van der Waals surface area contributed by atoms with Gasteiger partial charge in [0.15, 0.2) is 0 Å². The third-order valence-corrected chi connectivity index (χ3v) is 2.26. The molecule has 0 aliphatic carbocycles. The van der Waals surface area contributed by atoms with Gasteiger partial charge in [-0.05, 0) is 6.92 Å². The van der Waals surface area contributed by atoms with E-state index >= 15 is 0 Å². The predicted octanol–water partition coefficient (Wildman–Crippen LogP) is -0.305. The first-order chi connectivity index (χ1) is 6.65. The fraction of sp³-hybridized carbons (Fsp3) is 0.556. The van der Waals surface area contributed by atoms with E-state index in [4.69, 9.17) is 10.3 Å². The van der Waals surface area contributed by atoms with Crippen LogP contribution < -0.4 is 5.73 Å². The lowest BCUT2D eigenvalue weighted by atomic mass is 10.1. The van der Waals surface area contributed by atoms with E-state index in [0.717, 1.165) is 5.69 Å². The SMILES string of the molecule is Cc1cc(CC(=O)N2CC(N)C2)on1. The molecule has 0 atom stereocenters. The number of nitrogens with zero attached hydrogens (tertiary/aromatic N) is 2. The van der Waals surface area contributed by atoms with Crippen molar-refractivity contribution in [2.75, 3.05) is 13.1 Å². The fourth-order valence-corrected chi connectivity index (χ4v) is 1.48. The lowest BCUT2D eigenvalue weighted by Crippen LogP contribution is -2.58. The maximum atomic E-state index is 11.5. The first kappa shape index (κ1) is 9.21. The van der Waals surface area contributed by atoms with E-state index in [2.05, 4.69) is 5.16 Å². The van der Waals surface area contributed by atoms with Crippen molar-refractivity contribution in [1.29, 1.82) is 0 Å². The Bertz CT molecular complexity index is 342. The van der Waals surface area contributed by atoms with E-state index in [-0.39, 0.29) is 18.4 Å². The molecule has 0 saturated carbocycles. The molecule has 0 spiro atoms. The van der Waals surface area contributed by atoms with E-state index in [9.17, 15) is 4.79 Å². The minimum absolute atomic E-state index is 0.0582. The Morgan fingerprint density at radius 3 is 3.00 bits per heavy atom. The number of rotatable bonds is 2. The van der Waals surface area contributed by atoms with Crippen LogP contribution in [0.15, 0.2) is 10.6 Å². The number of aryl methyl sites for hydroxylation is 1. The van der Waals surface area contributed by atoms with Gasteiger partial charge in [-0.25, -0.2) is 0 Å². The van der Waals surface area contributed by atoms with Crippen LogP contribution in [0.3, 0.4) is 0 Å². The Hall–Kier alpha value is -1.36. The Morgan fingerprint density at radius 2 is 2.50 bits per heavy atom. The van der Waals surface area contributed by atoms with Gasteiger partial charge < -0.3 is 15.2 Å². The number of carbonyl (C=O) groups is 1. The standard InChI is InChI=1S/C9H13N3O2/c1-6-2-8(14-11-6)3-9(13)12-4-7(10)5-12/h2,7H,3-5,10H2,1H3. The smallest absolute Gasteiger partial charge is 0.230 e. The molecular weight excluding hydrogens is 182 g/mol. The molecular formula is C9H13N3O2. The molecule has 1 aromatic heterocycles. The summed E-state index contributed by atoms with van der Waals surface area (Å²) in [6.07, 6.45) is 0.285. The van der Waals surface area contributed by atoms with E-state index in [1.807, 2.05) is 6.92 Å². The zero-order valence-electron chi connectivity index (χ0n) is 8.06. The first-order valence-corrected chi connectivity index (χ1v) is 4.60. The summed E-state index contributed by atoms with van der Waals surface area (Å²) in [5.41, 5.74) is 6.37. The van der Waals surface area contributed by atoms with Crippen LogP contribution in [-0.4, -0.2) is 35.1 Å². The van der Waals surface area contributed by atoms with Crippen molar-refractivity contribution in [1.82, 2.24) is 10.1 Å². The Morgan fingerprint density at radius 1 is 1.79 bits per heavy atom. The zero-order chi connectivity index (χ0) is 10.1. The molecule has 0 unspecified atom stereocenters.